The van der Waals surface area contributed by atoms with Gasteiger partial charge in [-0.25, -0.2) is 4.98 Å². The molecule has 0 saturated heterocycles. The number of nitrogens with zero attached hydrogens (tertiary/aromatic N) is 3. The standard InChI is InChI=1S/C16H12N4O5S2/c1-9-11(3-2-4-13(9)20(24)25)17-15(21)8-26-16-18-12-6-5-10(19(22)23)7-14(12)27-16/h2-7H,8H2,1H3,(H,17,21). The number of fused-ring (bicyclic) bond motifs is 1. The normalized spacial score (nSPS) is 10.7. The van der Waals surface area contributed by atoms with Crippen LogP contribution in [-0.4, -0.2) is 26.5 Å². The second-order valence-corrected chi connectivity index (χ2v) is 7.69. The number of aromatic nitrogens is 1. The molecular weight excluding hydrogens is 392 g/mol. The molecule has 0 aliphatic heterocycles. The van der Waals surface area contributed by atoms with Crippen LogP contribution >= 0.6 is 23.1 Å². The van der Waals surface area contributed by atoms with E-state index in [9.17, 15) is 25.0 Å². The van der Waals surface area contributed by atoms with Gasteiger partial charge in [0, 0.05) is 18.2 Å². The highest BCUT2D eigenvalue weighted by Gasteiger charge is 2.16. The van der Waals surface area contributed by atoms with Crippen LogP contribution in [-0.2, 0) is 4.79 Å². The van der Waals surface area contributed by atoms with Crippen molar-refractivity contribution in [3.63, 3.8) is 0 Å². The summed E-state index contributed by atoms with van der Waals surface area (Å²) < 4.78 is 1.28. The Morgan fingerprint density at radius 3 is 2.70 bits per heavy atom. The Hall–Kier alpha value is -3.05. The predicted molar refractivity (Wildman–Crippen MR) is 103 cm³/mol. The number of carbonyl (C=O) groups excluding carboxylic acids is 1. The summed E-state index contributed by atoms with van der Waals surface area (Å²) in [7, 11) is 0. The van der Waals surface area contributed by atoms with Gasteiger partial charge in [-0.05, 0) is 19.1 Å². The van der Waals surface area contributed by atoms with Gasteiger partial charge >= 0.3 is 0 Å². The molecule has 2 aromatic carbocycles. The highest BCUT2D eigenvalue weighted by molar-refractivity contribution is 8.01. The third kappa shape index (κ3) is 4.20. The second kappa shape index (κ2) is 7.68. The van der Waals surface area contributed by atoms with Crippen molar-refractivity contribution >= 4 is 56.3 Å². The average Bonchev–Trinajstić information content (AvgIpc) is 3.03. The van der Waals surface area contributed by atoms with Crippen LogP contribution in [0.3, 0.4) is 0 Å². The quantitative estimate of drug-likeness (QED) is 0.371. The molecule has 1 N–H and O–H groups in total. The number of thioether (sulfide) groups is 1. The van der Waals surface area contributed by atoms with Crippen molar-refractivity contribution in [1.29, 1.82) is 0 Å². The van der Waals surface area contributed by atoms with E-state index >= 15 is 0 Å². The van der Waals surface area contributed by atoms with Gasteiger partial charge in [0.2, 0.25) is 5.91 Å². The zero-order chi connectivity index (χ0) is 19.6. The smallest absolute Gasteiger partial charge is 0.274 e. The van der Waals surface area contributed by atoms with E-state index in [1.807, 2.05) is 0 Å². The molecule has 0 aliphatic rings. The Balaban J connectivity index is 1.67. The van der Waals surface area contributed by atoms with E-state index in [1.54, 1.807) is 19.1 Å². The van der Waals surface area contributed by atoms with Gasteiger partial charge in [-0.1, -0.05) is 17.8 Å². The summed E-state index contributed by atoms with van der Waals surface area (Å²) in [6.07, 6.45) is 0. The Morgan fingerprint density at radius 1 is 1.22 bits per heavy atom. The van der Waals surface area contributed by atoms with E-state index in [2.05, 4.69) is 10.3 Å². The summed E-state index contributed by atoms with van der Waals surface area (Å²) in [6, 6.07) is 8.88. The van der Waals surface area contributed by atoms with E-state index < -0.39 is 9.85 Å². The van der Waals surface area contributed by atoms with Crippen molar-refractivity contribution in [2.75, 3.05) is 11.1 Å². The Kier molecular flexibility index (Phi) is 5.33. The first kappa shape index (κ1) is 18.7. The first-order chi connectivity index (χ1) is 12.8. The second-order valence-electron chi connectivity index (χ2n) is 5.43. The minimum Gasteiger partial charge on any atom is -0.325 e. The number of rotatable bonds is 6. The fourth-order valence-electron chi connectivity index (χ4n) is 2.34. The lowest BCUT2D eigenvalue weighted by Gasteiger charge is -2.07. The Bertz CT molecular complexity index is 1070. The van der Waals surface area contributed by atoms with Crippen LogP contribution in [0.15, 0.2) is 40.7 Å². The molecule has 138 valence electrons. The number of amides is 1. The molecule has 27 heavy (non-hydrogen) atoms. The Labute approximate surface area is 160 Å². The highest BCUT2D eigenvalue weighted by Crippen LogP contribution is 2.32. The van der Waals surface area contributed by atoms with E-state index in [0.717, 1.165) is 0 Å². The monoisotopic (exact) mass is 404 g/mol. The van der Waals surface area contributed by atoms with Gasteiger partial charge < -0.3 is 5.32 Å². The number of thiazole rings is 1. The molecule has 0 spiro atoms. The van der Waals surface area contributed by atoms with Gasteiger partial charge in [0.05, 0.1) is 37.1 Å². The molecule has 0 atom stereocenters. The fourth-order valence-corrected chi connectivity index (χ4v) is 4.24. The number of benzene rings is 2. The van der Waals surface area contributed by atoms with Crippen molar-refractivity contribution in [1.82, 2.24) is 4.98 Å². The highest BCUT2D eigenvalue weighted by atomic mass is 32.2. The molecule has 1 heterocycles. The summed E-state index contributed by atoms with van der Waals surface area (Å²) in [5, 5.41) is 24.4. The fraction of sp³-hybridized carbons (Fsp3) is 0.125. The molecule has 0 saturated carbocycles. The zero-order valence-electron chi connectivity index (χ0n) is 13.9. The first-order valence-electron chi connectivity index (χ1n) is 7.57. The van der Waals surface area contributed by atoms with Crippen molar-refractivity contribution < 1.29 is 14.6 Å². The Morgan fingerprint density at radius 2 is 2.00 bits per heavy atom. The largest absolute Gasteiger partial charge is 0.325 e. The predicted octanol–water partition coefficient (Wildman–Crippen LogP) is 4.15. The van der Waals surface area contributed by atoms with Crippen LogP contribution in [0.1, 0.15) is 5.56 Å². The van der Waals surface area contributed by atoms with E-state index in [1.165, 1.54) is 47.4 Å². The van der Waals surface area contributed by atoms with Crippen molar-refractivity contribution in [3.05, 3.63) is 62.2 Å². The van der Waals surface area contributed by atoms with Gasteiger partial charge in [-0.3, -0.25) is 25.0 Å². The molecule has 3 rings (SSSR count). The number of nitrogens with one attached hydrogen (secondary N) is 1. The van der Waals surface area contributed by atoms with Crippen LogP contribution in [0.2, 0.25) is 0 Å². The summed E-state index contributed by atoms with van der Waals surface area (Å²) in [5.74, 6) is -0.266. The molecule has 0 fully saturated rings. The molecule has 0 unspecified atom stereocenters. The third-order valence-corrected chi connectivity index (χ3v) is 5.83. The number of nitro benzene ring substituents is 2. The molecule has 1 amide bonds. The molecule has 9 nitrogen and oxygen atoms in total. The third-order valence-electron chi connectivity index (χ3n) is 3.67. The van der Waals surface area contributed by atoms with Gasteiger partial charge in [-0.2, -0.15) is 0 Å². The summed E-state index contributed by atoms with van der Waals surface area (Å²) in [4.78, 5) is 37.3. The summed E-state index contributed by atoms with van der Waals surface area (Å²) >= 11 is 2.46. The summed E-state index contributed by atoms with van der Waals surface area (Å²) in [6.45, 7) is 1.57. The lowest BCUT2D eigenvalue weighted by Crippen LogP contribution is -2.15. The maximum absolute atomic E-state index is 12.2. The topological polar surface area (TPSA) is 128 Å². The number of anilines is 1. The van der Waals surface area contributed by atoms with Crippen molar-refractivity contribution in [2.24, 2.45) is 0 Å². The first-order valence-corrected chi connectivity index (χ1v) is 9.37. The van der Waals surface area contributed by atoms with Crippen LogP contribution in [0.5, 0.6) is 0 Å². The minimum absolute atomic E-state index is 0.0124. The molecule has 0 bridgehead atoms. The van der Waals surface area contributed by atoms with Gasteiger partial charge in [-0.15, -0.1) is 11.3 Å². The number of nitro groups is 2. The lowest BCUT2D eigenvalue weighted by atomic mass is 10.1. The van der Waals surface area contributed by atoms with Crippen LogP contribution in [0.25, 0.3) is 10.2 Å². The van der Waals surface area contributed by atoms with Gasteiger partial charge in [0.25, 0.3) is 11.4 Å². The average molecular weight is 404 g/mol. The minimum atomic E-state index is -0.500. The number of hydrogen-bond donors (Lipinski definition) is 1. The lowest BCUT2D eigenvalue weighted by molar-refractivity contribution is -0.385. The molecule has 3 aromatic rings. The SMILES string of the molecule is Cc1c(NC(=O)CSc2nc3ccc([N+](=O)[O-])cc3s2)cccc1[N+](=O)[O-]. The molecular formula is C16H12N4O5S2. The van der Waals surface area contributed by atoms with Gasteiger partial charge in [0.1, 0.15) is 0 Å². The van der Waals surface area contributed by atoms with Crippen LogP contribution < -0.4 is 5.32 Å². The number of non-ortho nitro benzene ring substituents is 1. The zero-order valence-corrected chi connectivity index (χ0v) is 15.5. The molecule has 0 aliphatic carbocycles. The van der Waals surface area contributed by atoms with Gasteiger partial charge in [0.15, 0.2) is 4.34 Å². The van der Waals surface area contributed by atoms with E-state index in [0.29, 0.717) is 25.8 Å². The van der Waals surface area contributed by atoms with Crippen LogP contribution in [0, 0.1) is 27.2 Å². The maximum atomic E-state index is 12.2. The maximum Gasteiger partial charge on any atom is 0.274 e. The number of hydrogen-bond acceptors (Lipinski definition) is 8. The molecule has 1 aromatic heterocycles. The number of carbonyl (C=O) groups is 1. The summed E-state index contributed by atoms with van der Waals surface area (Å²) in [5.41, 5.74) is 1.32. The van der Waals surface area contributed by atoms with Crippen LogP contribution in [0.4, 0.5) is 17.1 Å². The molecule has 0 radical (unpaired) electrons. The van der Waals surface area contributed by atoms with E-state index in [4.69, 9.17) is 0 Å². The van der Waals surface area contributed by atoms with Crippen molar-refractivity contribution in [2.45, 2.75) is 11.3 Å². The molecule has 11 heteroatoms. The van der Waals surface area contributed by atoms with E-state index in [-0.39, 0.29) is 23.0 Å². The van der Waals surface area contributed by atoms with Crippen molar-refractivity contribution in [3.8, 4) is 0 Å².